The molecule has 0 saturated heterocycles. The van der Waals surface area contributed by atoms with Gasteiger partial charge in [0, 0.05) is 7.05 Å². The van der Waals surface area contributed by atoms with E-state index in [4.69, 9.17) is 21.8 Å². The van der Waals surface area contributed by atoms with Gasteiger partial charge in [-0.3, -0.25) is 4.79 Å². The summed E-state index contributed by atoms with van der Waals surface area (Å²) in [6, 6.07) is -1.27. The second-order valence-electron chi connectivity index (χ2n) is 2.18. The number of alkyl halides is 1. The summed E-state index contributed by atoms with van der Waals surface area (Å²) >= 11 is 5.11. The minimum absolute atomic E-state index is 0.373. The van der Waals surface area contributed by atoms with Crippen LogP contribution in [-0.2, 0) is 14.4 Å². The Balaban J connectivity index is 4.13. The molecule has 0 spiro atoms. The molecule has 6 nitrogen and oxygen atoms in total. The fraction of sp³-hybridized carbons (Fsp3) is 0.667. The third-order valence-electron chi connectivity index (χ3n) is 1.25. The van der Waals surface area contributed by atoms with E-state index in [-0.39, 0.29) is 5.88 Å². The first kappa shape index (κ1) is 12.2. The average molecular weight is 212 g/mol. The lowest BCUT2D eigenvalue weighted by molar-refractivity contribution is -0.199. The maximum atomic E-state index is 10.6. The molecule has 0 aromatic carbocycles. The zero-order chi connectivity index (χ0) is 10.4. The number of hydrogen-bond donors (Lipinski definition) is 2. The molecule has 0 aliphatic carbocycles. The number of hydroxylamine groups is 2. The fourth-order valence-electron chi connectivity index (χ4n) is 0.597. The summed E-state index contributed by atoms with van der Waals surface area (Å²) in [5.41, 5.74) is 0. The number of carbonyl (C=O) groups is 2. The topological polar surface area (TPSA) is 87.1 Å². The van der Waals surface area contributed by atoms with Crippen LogP contribution in [0.25, 0.3) is 0 Å². The van der Waals surface area contributed by atoms with Crippen LogP contribution in [0.3, 0.4) is 0 Å². The normalized spacial score (nSPS) is 12.6. The number of halogens is 1. The Morgan fingerprint density at radius 1 is 1.62 bits per heavy atom. The number of aliphatic carboxylic acids is 1. The van der Waals surface area contributed by atoms with Crippen LogP contribution in [0.15, 0.2) is 0 Å². The zero-order valence-corrected chi connectivity index (χ0v) is 7.69. The van der Waals surface area contributed by atoms with Gasteiger partial charge >= 0.3 is 11.9 Å². The van der Waals surface area contributed by atoms with Gasteiger partial charge in [-0.1, -0.05) is 0 Å². The maximum absolute atomic E-state index is 10.6. The molecule has 0 amide bonds. The fourth-order valence-corrected chi connectivity index (χ4v) is 0.646. The monoisotopic (exact) mass is 211 g/mol. The molecule has 0 rings (SSSR count). The lowest BCUT2D eigenvalue weighted by Gasteiger charge is -2.20. The predicted octanol–water partition coefficient (Wildman–Crippen LogP) is -0.939. The molecule has 0 aliphatic heterocycles. The lowest BCUT2D eigenvalue weighted by atomic mass is 10.3. The molecule has 0 aliphatic rings. The van der Waals surface area contributed by atoms with Gasteiger partial charge < -0.3 is 15.1 Å². The van der Waals surface area contributed by atoms with E-state index < -0.39 is 24.6 Å². The van der Waals surface area contributed by atoms with E-state index in [0.29, 0.717) is 0 Å². The number of likely N-dealkylation sites (N-methyl/N-ethyl adjacent to an activating group) is 1. The summed E-state index contributed by atoms with van der Waals surface area (Å²) < 4.78 is 0. The molecule has 0 fully saturated rings. The Bertz CT molecular complexity index is 197. The molecular weight excluding hydrogens is 202 g/mol. The van der Waals surface area contributed by atoms with Crippen LogP contribution in [0.1, 0.15) is 0 Å². The highest BCUT2D eigenvalue weighted by atomic mass is 35.5. The van der Waals surface area contributed by atoms with Gasteiger partial charge in [0.15, 0.2) is 6.04 Å². The molecule has 0 radical (unpaired) electrons. The van der Waals surface area contributed by atoms with E-state index in [1.807, 2.05) is 0 Å². The Morgan fingerprint density at radius 3 is 2.46 bits per heavy atom. The van der Waals surface area contributed by atoms with E-state index in [0.717, 1.165) is 5.06 Å². The Morgan fingerprint density at radius 2 is 2.15 bits per heavy atom. The first-order valence-electron chi connectivity index (χ1n) is 3.36. The molecule has 0 bridgehead atoms. The maximum Gasteiger partial charge on any atom is 0.339 e. The van der Waals surface area contributed by atoms with Crippen LogP contribution in [-0.4, -0.2) is 52.8 Å². The first-order chi connectivity index (χ1) is 6.02. The Labute approximate surface area is 79.6 Å². The minimum Gasteiger partial charge on any atom is -0.480 e. The molecule has 0 heterocycles. The van der Waals surface area contributed by atoms with Gasteiger partial charge in [0.2, 0.25) is 0 Å². The van der Waals surface area contributed by atoms with Gasteiger partial charge in [-0.2, -0.15) is 0 Å². The van der Waals surface area contributed by atoms with Crippen LogP contribution in [0, 0.1) is 0 Å². The molecule has 0 aromatic heterocycles. The van der Waals surface area contributed by atoms with Gasteiger partial charge in [-0.15, -0.1) is 16.7 Å². The van der Waals surface area contributed by atoms with Crippen molar-refractivity contribution >= 4 is 23.5 Å². The molecule has 13 heavy (non-hydrogen) atoms. The first-order valence-corrected chi connectivity index (χ1v) is 3.89. The zero-order valence-electron chi connectivity index (χ0n) is 6.94. The largest absolute Gasteiger partial charge is 0.480 e. The Kier molecular flexibility index (Phi) is 5.36. The van der Waals surface area contributed by atoms with Crippen molar-refractivity contribution in [2.45, 2.75) is 6.04 Å². The second-order valence-corrected chi connectivity index (χ2v) is 2.45. The molecule has 76 valence electrons. The predicted molar refractivity (Wildman–Crippen MR) is 43.1 cm³/mol. The number of hydrogen-bond acceptors (Lipinski definition) is 5. The van der Waals surface area contributed by atoms with Crippen molar-refractivity contribution in [1.29, 1.82) is 0 Å². The van der Waals surface area contributed by atoms with E-state index in [1.165, 1.54) is 7.05 Å². The second kappa shape index (κ2) is 5.74. The highest BCUT2D eigenvalue weighted by Crippen LogP contribution is 1.98. The number of rotatable bonds is 5. The van der Waals surface area contributed by atoms with E-state index in [9.17, 15) is 9.59 Å². The van der Waals surface area contributed by atoms with Crippen molar-refractivity contribution in [3.8, 4) is 0 Å². The quantitative estimate of drug-likeness (QED) is 0.451. The van der Waals surface area contributed by atoms with Crippen molar-refractivity contribution in [3.63, 3.8) is 0 Å². The van der Waals surface area contributed by atoms with Crippen LogP contribution in [0.2, 0.25) is 0 Å². The SMILES string of the molecule is CN(OC(=O)CCl)[C@H](CO)C(=O)O. The number of nitrogens with zero attached hydrogens (tertiary/aromatic N) is 1. The summed E-state index contributed by atoms with van der Waals surface area (Å²) in [6.45, 7) is -0.651. The van der Waals surface area contributed by atoms with Crippen molar-refractivity contribution < 1.29 is 24.6 Å². The lowest BCUT2D eigenvalue weighted by Crippen LogP contribution is -2.42. The van der Waals surface area contributed by atoms with Crippen molar-refractivity contribution in [1.82, 2.24) is 5.06 Å². The summed E-state index contributed by atoms with van der Waals surface area (Å²) in [4.78, 5) is 25.4. The summed E-state index contributed by atoms with van der Waals surface area (Å²) in [6.07, 6.45) is 0. The van der Waals surface area contributed by atoms with Crippen LogP contribution in [0.5, 0.6) is 0 Å². The third kappa shape index (κ3) is 4.07. The van der Waals surface area contributed by atoms with E-state index in [1.54, 1.807) is 0 Å². The van der Waals surface area contributed by atoms with E-state index in [2.05, 4.69) is 4.84 Å². The highest BCUT2D eigenvalue weighted by molar-refractivity contribution is 6.26. The van der Waals surface area contributed by atoms with Crippen LogP contribution >= 0.6 is 11.6 Å². The van der Waals surface area contributed by atoms with Gasteiger partial charge in [-0.25, -0.2) is 4.79 Å². The Hall–Kier alpha value is -0.850. The molecule has 0 saturated carbocycles. The number of aliphatic hydroxyl groups is 1. The minimum atomic E-state index is -1.28. The summed E-state index contributed by atoms with van der Waals surface area (Å²) in [5.74, 6) is -2.43. The van der Waals surface area contributed by atoms with Crippen molar-refractivity contribution in [3.05, 3.63) is 0 Å². The summed E-state index contributed by atoms with van der Waals surface area (Å²) in [7, 11) is 1.22. The number of carboxylic acid groups (broad SMARTS) is 1. The third-order valence-corrected chi connectivity index (χ3v) is 1.47. The van der Waals surface area contributed by atoms with Gasteiger partial charge in [0.05, 0.1) is 6.61 Å². The number of carboxylic acids is 1. The molecule has 0 aromatic rings. The summed E-state index contributed by atoms with van der Waals surface area (Å²) in [5, 5.41) is 17.9. The van der Waals surface area contributed by atoms with Gasteiger partial charge in [0.1, 0.15) is 5.88 Å². The smallest absolute Gasteiger partial charge is 0.339 e. The van der Waals surface area contributed by atoms with Crippen LogP contribution in [0.4, 0.5) is 0 Å². The highest BCUT2D eigenvalue weighted by Gasteiger charge is 2.24. The van der Waals surface area contributed by atoms with Gasteiger partial charge in [-0.05, 0) is 0 Å². The number of aliphatic hydroxyl groups excluding tert-OH is 1. The van der Waals surface area contributed by atoms with Crippen molar-refractivity contribution in [2.75, 3.05) is 19.5 Å². The average Bonchev–Trinajstić information content (AvgIpc) is 2.04. The molecule has 2 N–H and O–H groups in total. The molecule has 1 atom stereocenters. The molecule has 7 heteroatoms. The molecular formula is C6H10ClNO5. The van der Waals surface area contributed by atoms with E-state index >= 15 is 0 Å². The van der Waals surface area contributed by atoms with Crippen molar-refractivity contribution in [2.24, 2.45) is 0 Å². The number of carbonyl (C=O) groups excluding carboxylic acids is 1. The van der Waals surface area contributed by atoms with Crippen LogP contribution < -0.4 is 0 Å². The molecule has 0 unspecified atom stereocenters. The van der Waals surface area contributed by atoms with Gasteiger partial charge in [0.25, 0.3) is 0 Å². The standard InChI is InChI=1S/C6H10ClNO5/c1-8(13-5(10)2-7)4(3-9)6(11)12/h4,9H,2-3H2,1H3,(H,11,12)/t4-/m1/s1.